The maximum atomic E-state index is 12.1. The topological polar surface area (TPSA) is 41.6 Å². The smallest absolute Gasteiger partial charge is 0.322 e. The van der Waals surface area contributed by atoms with Crippen LogP contribution in [0.1, 0.15) is 4.88 Å². The molecule has 0 saturated heterocycles. The number of thiophene rings is 1. The molecule has 0 atom stereocenters. The number of carbonyl (C=O) groups excluding carboxylic acids is 1. The van der Waals surface area contributed by atoms with Crippen molar-refractivity contribution < 1.29 is 9.53 Å². The molecule has 0 aliphatic rings. The largest absolute Gasteiger partial charge is 0.495 e. The molecule has 0 saturated carbocycles. The molecular weight excluding hydrogens is 340 g/mol. The fourth-order valence-corrected chi connectivity index (χ4v) is 3.20. The van der Waals surface area contributed by atoms with Crippen LogP contribution in [0.25, 0.3) is 0 Å². The Hall–Kier alpha value is -1.53. The molecule has 0 radical (unpaired) electrons. The predicted octanol–water partition coefficient (Wildman–Crippen LogP) is 4.18. The Morgan fingerprint density at radius 1 is 1.45 bits per heavy atom. The van der Waals surface area contributed by atoms with E-state index in [1.54, 1.807) is 30.4 Å². The van der Waals surface area contributed by atoms with E-state index >= 15 is 0 Å². The number of urea groups is 1. The van der Waals surface area contributed by atoms with Gasteiger partial charge in [0.05, 0.1) is 19.3 Å². The molecule has 0 aliphatic heterocycles. The molecule has 2 aromatic rings. The summed E-state index contributed by atoms with van der Waals surface area (Å²) in [6.45, 7) is 0.567. The SMILES string of the molecule is COc1ccccc1NC(=O)N(C)Cc1cc(Br)cs1. The van der Waals surface area contributed by atoms with Gasteiger partial charge < -0.3 is 15.0 Å². The lowest BCUT2D eigenvalue weighted by molar-refractivity contribution is 0.221. The third-order valence-corrected chi connectivity index (χ3v) is 4.39. The van der Waals surface area contributed by atoms with Crippen molar-refractivity contribution in [1.29, 1.82) is 0 Å². The minimum atomic E-state index is -0.168. The summed E-state index contributed by atoms with van der Waals surface area (Å²) in [4.78, 5) is 14.9. The molecule has 1 heterocycles. The zero-order chi connectivity index (χ0) is 14.5. The molecule has 0 bridgehead atoms. The lowest BCUT2D eigenvalue weighted by atomic mass is 10.3. The zero-order valence-electron chi connectivity index (χ0n) is 11.2. The average molecular weight is 355 g/mol. The first-order valence-corrected chi connectivity index (χ1v) is 7.65. The van der Waals surface area contributed by atoms with Crippen molar-refractivity contribution in [3.8, 4) is 5.75 Å². The summed E-state index contributed by atoms with van der Waals surface area (Å²) in [6.07, 6.45) is 0. The van der Waals surface area contributed by atoms with Crippen LogP contribution in [0.3, 0.4) is 0 Å². The maximum Gasteiger partial charge on any atom is 0.322 e. The van der Waals surface area contributed by atoms with Crippen LogP contribution in [0, 0.1) is 0 Å². The van der Waals surface area contributed by atoms with Crippen molar-refractivity contribution in [1.82, 2.24) is 4.90 Å². The molecule has 1 aromatic heterocycles. The predicted molar refractivity (Wildman–Crippen MR) is 85.5 cm³/mol. The van der Waals surface area contributed by atoms with E-state index in [1.807, 2.05) is 35.7 Å². The molecule has 2 rings (SSSR count). The van der Waals surface area contributed by atoms with Crippen LogP contribution in [0.15, 0.2) is 40.2 Å². The monoisotopic (exact) mass is 354 g/mol. The van der Waals surface area contributed by atoms with E-state index in [2.05, 4.69) is 21.2 Å². The summed E-state index contributed by atoms with van der Waals surface area (Å²) in [5, 5.41) is 4.84. The number of methoxy groups -OCH3 is 1. The summed E-state index contributed by atoms with van der Waals surface area (Å²) in [5.41, 5.74) is 0.666. The van der Waals surface area contributed by atoms with Gasteiger partial charge >= 0.3 is 6.03 Å². The molecule has 0 unspecified atom stereocenters. The number of benzene rings is 1. The lowest BCUT2D eigenvalue weighted by Gasteiger charge is -2.18. The summed E-state index contributed by atoms with van der Waals surface area (Å²) >= 11 is 5.02. The van der Waals surface area contributed by atoms with Gasteiger partial charge in [-0.2, -0.15) is 0 Å². The third-order valence-electron chi connectivity index (χ3n) is 2.71. The van der Waals surface area contributed by atoms with Crippen LogP contribution in [0.5, 0.6) is 5.75 Å². The molecular formula is C14H15BrN2O2S. The van der Waals surface area contributed by atoms with Crippen LogP contribution < -0.4 is 10.1 Å². The van der Waals surface area contributed by atoms with Crippen LogP contribution in [0.4, 0.5) is 10.5 Å². The number of hydrogen-bond acceptors (Lipinski definition) is 3. The van der Waals surface area contributed by atoms with Gasteiger partial charge in [-0.1, -0.05) is 12.1 Å². The summed E-state index contributed by atoms with van der Waals surface area (Å²) in [6, 6.07) is 9.19. The van der Waals surface area contributed by atoms with Crippen molar-refractivity contribution in [3.63, 3.8) is 0 Å². The van der Waals surface area contributed by atoms with Crippen molar-refractivity contribution in [2.45, 2.75) is 6.54 Å². The first kappa shape index (κ1) is 14.9. The molecule has 0 aliphatic carbocycles. The Morgan fingerprint density at radius 3 is 2.85 bits per heavy atom. The summed E-state index contributed by atoms with van der Waals surface area (Å²) < 4.78 is 6.25. The molecule has 1 aromatic carbocycles. The fraction of sp³-hybridized carbons (Fsp3) is 0.214. The van der Waals surface area contributed by atoms with Crippen LogP contribution in [-0.4, -0.2) is 25.1 Å². The van der Waals surface area contributed by atoms with E-state index in [0.29, 0.717) is 18.0 Å². The van der Waals surface area contributed by atoms with Crippen LogP contribution >= 0.6 is 27.3 Å². The van der Waals surface area contributed by atoms with Gasteiger partial charge in [0.25, 0.3) is 0 Å². The number of rotatable bonds is 4. The van der Waals surface area contributed by atoms with Crippen molar-refractivity contribution in [2.75, 3.05) is 19.5 Å². The van der Waals surface area contributed by atoms with Gasteiger partial charge in [-0.25, -0.2) is 4.79 Å². The molecule has 4 nitrogen and oxygen atoms in total. The standard InChI is InChI=1S/C14H15BrN2O2S/c1-17(8-11-7-10(15)9-20-11)14(18)16-12-5-3-4-6-13(12)19-2/h3-7,9H,8H2,1-2H3,(H,16,18). The molecule has 6 heteroatoms. The highest BCUT2D eigenvalue weighted by molar-refractivity contribution is 9.10. The normalized spacial score (nSPS) is 10.2. The number of amides is 2. The molecule has 20 heavy (non-hydrogen) atoms. The number of para-hydroxylation sites is 2. The second kappa shape index (κ2) is 6.76. The molecule has 0 fully saturated rings. The number of anilines is 1. The number of ether oxygens (including phenoxy) is 1. The Kier molecular flexibility index (Phi) is 5.03. The van der Waals surface area contributed by atoms with E-state index in [0.717, 1.165) is 9.35 Å². The molecule has 0 spiro atoms. The maximum absolute atomic E-state index is 12.1. The Bertz CT molecular complexity index is 600. The van der Waals surface area contributed by atoms with Crippen molar-refractivity contribution >= 4 is 39.0 Å². The van der Waals surface area contributed by atoms with Gasteiger partial charge in [0, 0.05) is 21.8 Å². The van der Waals surface area contributed by atoms with E-state index in [4.69, 9.17) is 4.74 Å². The highest BCUT2D eigenvalue weighted by Crippen LogP contribution is 2.24. The number of nitrogens with one attached hydrogen (secondary N) is 1. The lowest BCUT2D eigenvalue weighted by Crippen LogP contribution is -2.30. The number of halogens is 1. The second-order valence-corrected chi connectivity index (χ2v) is 6.13. The number of carbonyl (C=O) groups is 1. The Morgan fingerprint density at radius 2 is 2.20 bits per heavy atom. The van der Waals surface area contributed by atoms with Crippen molar-refractivity contribution in [3.05, 3.63) is 45.1 Å². The van der Waals surface area contributed by atoms with Crippen LogP contribution in [-0.2, 0) is 6.54 Å². The van der Waals surface area contributed by atoms with E-state index in [9.17, 15) is 4.79 Å². The van der Waals surface area contributed by atoms with E-state index in [-0.39, 0.29) is 6.03 Å². The first-order valence-electron chi connectivity index (χ1n) is 5.98. The van der Waals surface area contributed by atoms with Gasteiger partial charge in [0.2, 0.25) is 0 Å². The fourth-order valence-electron chi connectivity index (χ4n) is 1.70. The zero-order valence-corrected chi connectivity index (χ0v) is 13.6. The Labute approximate surface area is 130 Å². The van der Waals surface area contributed by atoms with E-state index < -0.39 is 0 Å². The highest BCUT2D eigenvalue weighted by atomic mass is 79.9. The molecule has 106 valence electrons. The molecule has 1 N–H and O–H groups in total. The minimum Gasteiger partial charge on any atom is -0.495 e. The van der Waals surface area contributed by atoms with E-state index in [1.165, 1.54) is 0 Å². The summed E-state index contributed by atoms with van der Waals surface area (Å²) in [5.74, 6) is 0.646. The van der Waals surface area contributed by atoms with Gasteiger partial charge in [-0.15, -0.1) is 11.3 Å². The van der Waals surface area contributed by atoms with Gasteiger partial charge in [-0.3, -0.25) is 0 Å². The molecule has 2 amide bonds. The highest BCUT2D eigenvalue weighted by Gasteiger charge is 2.12. The van der Waals surface area contributed by atoms with Gasteiger partial charge in [0.1, 0.15) is 5.75 Å². The second-order valence-electron chi connectivity index (χ2n) is 4.22. The van der Waals surface area contributed by atoms with Gasteiger partial charge in [-0.05, 0) is 34.1 Å². The van der Waals surface area contributed by atoms with Crippen LogP contribution in [0.2, 0.25) is 0 Å². The quantitative estimate of drug-likeness (QED) is 0.894. The Balaban J connectivity index is 2.00. The number of nitrogens with zero attached hydrogens (tertiary/aromatic N) is 1. The first-order chi connectivity index (χ1) is 9.60. The summed E-state index contributed by atoms with van der Waals surface area (Å²) in [7, 11) is 3.34. The minimum absolute atomic E-state index is 0.168. The van der Waals surface area contributed by atoms with Gasteiger partial charge in [0.15, 0.2) is 0 Å². The third kappa shape index (κ3) is 3.74. The average Bonchev–Trinajstić information content (AvgIpc) is 2.84. The van der Waals surface area contributed by atoms with Crippen molar-refractivity contribution in [2.24, 2.45) is 0 Å². The number of hydrogen-bond donors (Lipinski definition) is 1.